The van der Waals surface area contributed by atoms with Gasteiger partial charge in [0.15, 0.2) is 0 Å². The predicted octanol–water partition coefficient (Wildman–Crippen LogP) is 3.39. The van der Waals surface area contributed by atoms with Crippen LogP contribution < -0.4 is 0 Å². The van der Waals surface area contributed by atoms with Crippen molar-refractivity contribution in [3.8, 4) is 16.5 Å². The Kier molecular flexibility index (Phi) is 3.79. The van der Waals surface area contributed by atoms with E-state index < -0.39 is 0 Å². The van der Waals surface area contributed by atoms with Crippen LogP contribution in [0.3, 0.4) is 0 Å². The second kappa shape index (κ2) is 5.57. The van der Waals surface area contributed by atoms with E-state index in [0.717, 1.165) is 41.4 Å². The first-order chi connectivity index (χ1) is 9.74. The Bertz CT molecular complexity index is 671. The molecule has 0 saturated heterocycles. The van der Waals surface area contributed by atoms with Gasteiger partial charge >= 0.3 is 0 Å². The van der Waals surface area contributed by atoms with E-state index in [0.29, 0.717) is 0 Å². The Labute approximate surface area is 127 Å². The molecule has 1 aliphatic rings. The Morgan fingerprint density at radius 1 is 1.50 bits per heavy atom. The molecule has 3 nitrogen and oxygen atoms in total. The molecule has 0 N–H and O–H groups in total. The average Bonchev–Trinajstić information content (AvgIpc) is 2.98. The van der Waals surface area contributed by atoms with Gasteiger partial charge in [-0.1, -0.05) is 6.07 Å². The van der Waals surface area contributed by atoms with E-state index in [1.54, 1.807) is 23.1 Å². The molecule has 1 aliphatic heterocycles. The summed E-state index contributed by atoms with van der Waals surface area (Å²) >= 11 is 3.25. The monoisotopic (exact) mass is 301 g/mol. The average molecular weight is 301 g/mol. The van der Waals surface area contributed by atoms with Crippen LogP contribution in [0.4, 0.5) is 0 Å². The van der Waals surface area contributed by atoms with E-state index >= 15 is 0 Å². The maximum absolute atomic E-state index is 9.58. The van der Waals surface area contributed by atoms with E-state index in [4.69, 9.17) is 4.98 Å². The summed E-state index contributed by atoms with van der Waals surface area (Å²) in [6, 6.07) is 6.51. The summed E-state index contributed by atoms with van der Waals surface area (Å²) in [5.74, 6) is 0. The van der Waals surface area contributed by atoms with Gasteiger partial charge in [-0.3, -0.25) is 0 Å². The first-order valence-corrected chi connectivity index (χ1v) is 8.57. The van der Waals surface area contributed by atoms with Crippen LogP contribution in [0.2, 0.25) is 0 Å². The quantitative estimate of drug-likeness (QED) is 0.797. The standard InChI is InChI=1S/C15H15N3S2/c1-18-6-5-12-11(9-18)14(13-4-3-7-20-13)10(8-16)15(17-12)19-2/h3-4,7H,5-6,9H2,1-2H3. The zero-order valence-corrected chi connectivity index (χ0v) is 13.1. The van der Waals surface area contributed by atoms with Gasteiger partial charge in [0, 0.05) is 35.6 Å². The van der Waals surface area contributed by atoms with E-state index in [1.165, 1.54) is 10.4 Å². The molecule has 0 amide bonds. The predicted molar refractivity (Wildman–Crippen MR) is 84.1 cm³/mol. The molecule has 3 rings (SSSR count). The molecule has 0 spiro atoms. The lowest BCUT2D eigenvalue weighted by atomic mass is 9.96. The molecule has 2 aromatic heterocycles. The van der Waals surface area contributed by atoms with Crippen LogP contribution in [0.5, 0.6) is 0 Å². The highest BCUT2D eigenvalue weighted by molar-refractivity contribution is 7.98. The molecule has 0 aliphatic carbocycles. The Morgan fingerprint density at radius 2 is 2.35 bits per heavy atom. The minimum Gasteiger partial charge on any atom is -0.302 e. The van der Waals surface area contributed by atoms with Gasteiger partial charge in [0.1, 0.15) is 11.1 Å². The van der Waals surface area contributed by atoms with Crippen molar-refractivity contribution < 1.29 is 0 Å². The van der Waals surface area contributed by atoms with Crippen LogP contribution >= 0.6 is 23.1 Å². The third-order valence-corrected chi connectivity index (χ3v) is 5.15. The van der Waals surface area contributed by atoms with Crippen LogP contribution in [0, 0.1) is 11.3 Å². The lowest BCUT2D eigenvalue weighted by molar-refractivity contribution is 0.310. The van der Waals surface area contributed by atoms with Gasteiger partial charge in [-0.25, -0.2) is 4.98 Å². The first kappa shape index (κ1) is 13.6. The number of pyridine rings is 1. The molecule has 20 heavy (non-hydrogen) atoms. The summed E-state index contributed by atoms with van der Waals surface area (Å²) in [4.78, 5) is 8.19. The third-order valence-electron chi connectivity index (χ3n) is 3.58. The normalized spacial score (nSPS) is 14.8. The molecule has 0 radical (unpaired) electrons. The van der Waals surface area contributed by atoms with Crippen molar-refractivity contribution in [1.29, 1.82) is 5.26 Å². The zero-order valence-electron chi connectivity index (χ0n) is 11.5. The number of hydrogen-bond acceptors (Lipinski definition) is 5. The number of thioether (sulfide) groups is 1. The van der Waals surface area contributed by atoms with Gasteiger partial charge in [-0.15, -0.1) is 23.1 Å². The zero-order chi connectivity index (χ0) is 14.1. The minimum atomic E-state index is 0.731. The van der Waals surface area contributed by atoms with Gasteiger partial charge < -0.3 is 4.90 Å². The van der Waals surface area contributed by atoms with Crippen molar-refractivity contribution >= 4 is 23.1 Å². The van der Waals surface area contributed by atoms with Gasteiger partial charge in [0.25, 0.3) is 0 Å². The molecule has 5 heteroatoms. The van der Waals surface area contributed by atoms with Crippen LogP contribution in [0.25, 0.3) is 10.4 Å². The van der Waals surface area contributed by atoms with Crippen molar-refractivity contribution in [2.24, 2.45) is 0 Å². The second-order valence-electron chi connectivity index (χ2n) is 4.87. The maximum atomic E-state index is 9.58. The smallest absolute Gasteiger partial charge is 0.115 e. The third kappa shape index (κ3) is 2.24. The number of nitrogens with zero attached hydrogens (tertiary/aromatic N) is 3. The minimum absolute atomic E-state index is 0.731. The summed E-state index contributed by atoms with van der Waals surface area (Å²) in [5, 5.41) is 12.5. The Hall–Kier alpha value is -1.35. The van der Waals surface area contributed by atoms with Crippen LogP contribution in [-0.4, -0.2) is 29.7 Å². The van der Waals surface area contributed by atoms with E-state index in [9.17, 15) is 5.26 Å². The molecule has 2 aromatic rings. The Balaban J connectivity index is 2.31. The summed E-state index contributed by atoms with van der Waals surface area (Å²) < 4.78 is 0. The molecule has 0 atom stereocenters. The van der Waals surface area contributed by atoms with Crippen molar-refractivity contribution in [1.82, 2.24) is 9.88 Å². The van der Waals surface area contributed by atoms with Gasteiger partial charge in [-0.05, 0) is 30.3 Å². The topological polar surface area (TPSA) is 39.9 Å². The van der Waals surface area contributed by atoms with Crippen molar-refractivity contribution in [2.45, 2.75) is 18.0 Å². The highest BCUT2D eigenvalue weighted by Crippen LogP contribution is 2.38. The number of fused-ring (bicyclic) bond motifs is 1. The summed E-state index contributed by atoms with van der Waals surface area (Å²) in [6.45, 7) is 1.91. The van der Waals surface area contributed by atoms with Gasteiger partial charge in [0.2, 0.25) is 0 Å². The Morgan fingerprint density at radius 3 is 3.00 bits per heavy atom. The molecular weight excluding hydrogens is 286 g/mol. The molecule has 3 heterocycles. The van der Waals surface area contributed by atoms with Crippen LogP contribution in [-0.2, 0) is 13.0 Å². The number of likely N-dealkylation sites (N-methyl/N-ethyl adjacent to an activating group) is 1. The molecule has 102 valence electrons. The number of aromatic nitrogens is 1. The molecule has 0 fully saturated rings. The summed E-state index contributed by atoms with van der Waals surface area (Å²) in [7, 11) is 2.12. The van der Waals surface area contributed by atoms with Gasteiger partial charge in [-0.2, -0.15) is 5.26 Å². The van der Waals surface area contributed by atoms with Crippen LogP contribution in [0.15, 0.2) is 22.5 Å². The number of rotatable bonds is 2. The fourth-order valence-electron chi connectivity index (χ4n) is 2.62. The van der Waals surface area contributed by atoms with E-state index in [1.807, 2.05) is 12.3 Å². The highest BCUT2D eigenvalue weighted by atomic mass is 32.2. The molecule has 0 aromatic carbocycles. The SMILES string of the molecule is CSc1nc2c(c(-c3cccs3)c1C#N)CN(C)CC2. The molecular formula is C15H15N3S2. The van der Waals surface area contributed by atoms with Crippen molar-refractivity contribution in [3.05, 3.63) is 34.3 Å². The fourth-order valence-corrected chi connectivity index (χ4v) is 3.97. The highest BCUT2D eigenvalue weighted by Gasteiger charge is 2.24. The fraction of sp³-hybridized carbons (Fsp3) is 0.333. The maximum Gasteiger partial charge on any atom is 0.115 e. The molecule has 0 bridgehead atoms. The molecule has 0 unspecified atom stereocenters. The van der Waals surface area contributed by atoms with E-state index in [-0.39, 0.29) is 0 Å². The number of thiophene rings is 1. The largest absolute Gasteiger partial charge is 0.302 e. The lowest BCUT2D eigenvalue weighted by Crippen LogP contribution is -2.28. The summed E-state index contributed by atoms with van der Waals surface area (Å²) in [6.07, 6.45) is 2.95. The second-order valence-corrected chi connectivity index (χ2v) is 6.62. The first-order valence-electron chi connectivity index (χ1n) is 6.47. The van der Waals surface area contributed by atoms with Gasteiger partial charge in [0.05, 0.1) is 5.56 Å². The van der Waals surface area contributed by atoms with Crippen molar-refractivity contribution in [3.63, 3.8) is 0 Å². The summed E-state index contributed by atoms with van der Waals surface area (Å²) in [5.41, 5.74) is 4.22. The van der Waals surface area contributed by atoms with E-state index in [2.05, 4.69) is 29.5 Å². The lowest BCUT2D eigenvalue weighted by Gasteiger charge is -2.27. The molecule has 0 saturated carbocycles. The van der Waals surface area contributed by atoms with Crippen molar-refractivity contribution in [2.75, 3.05) is 19.8 Å². The van der Waals surface area contributed by atoms with Crippen LogP contribution in [0.1, 0.15) is 16.8 Å². The number of nitriles is 1. The number of hydrogen-bond donors (Lipinski definition) is 0.